The normalized spacial score (nSPS) is 25.8. The van der Waals surface area contributed by atoms with E-state index in [1.54, 1.807) is 0 Å². The summed E-state index contributed by atoms with van der Waals surface area (Å²) in [5, 5.41) is 5.08. The first kappa shape index (κ1) is 15.0. The SMILES string of the molecule is Cc1nc(C(NC(C)C)C2CCC(C)CC2)sc1C. The highest BCUT2D eigenvalue weighted by atomic mass is 32.1. The van der Waals surface area contributed by atoms with E-state index in [0.717, 1.165) is 11.8 Å². The number of nitrogens with one attached hydrogen (secondary N) is 1. The molecular weight excluding hydrogens is 252 g/mol. The van der Waals surface area contributed by atoms with Crippen LogP contribution in [0.25, 0.3) is 0 Å². The zero-order valence-corrected chi connectivity index (χ0v) is 13.8. The molecule has 1 N–H and O–H groups in total. The second-order valence-electron chi connectivity index (χ2n) is 6.51. The standard InChI is InChI=1S/C16H28N2S/c1-10(2)17-15(14-8-6-11(3)7-9-14)16-18-12(4)13(5)19-16/h10-11,14-15,17H,6-9H2,1-5H3. The fourth-order valence-electron chi connectivity index (χ4n) is 3.02. The molecule has 0 aliphatic heterocycles. The Morgan fingerprint density at radius 3 is 2.26 bits per heavy atom. The van der Waals surface area contributed by atoms with Gasteiger partial charge in [-0.2, -0.15) is 0 Å². The average Bonchev–Trinajstić information content (AvgIpc) is 2.67. The van der Waals surface area contributed by atoms with Gasteiger partial charge in [0.05, 0.1) is 11.7 Å². The highest BCUT2D eigenvalue weighted by molar-refractivity contribution is 7.11. The molecule has 1 aliphatic rings. The minimum atomic E-state index is 0.463. The summed E-state index contributed by atoms with van der Waals surface area (Å²) in [7, 11) is 0. The molecule has 0 radical (unpaired) electrons. The van der Waals surface area contributed by atoms with E-state index in [9.17, 15) is 0 Å². The highest BCUT2D eigenvalue weighted by Crippen LogP contribution is 2.38. The van der Waals surface area contributed by atoms with Gasteiger partial charge in [0.25, 0.3) is 0 Å². The van der Waals surface area contributed by atoms with Gasteiger partial charge in [0.2, 0.25) is 0 Å². The van der Waals surface area contributed by atoms with E-state index in [2.05, 4.69) is 39.9 Å². The molecule has 1 aliphatic carbocycles. The van der Waals surface area contributed by atoms with Crippen molar-refractivity contribution in [3.63, 3.8) is 0 Å². The third-order valence-corrected chi connectivity index (χ3v) is 5.51. The van der Waals surface area contributed by atoms with E-state index in [1.807, 2.05) is 11.3 Å². The second kappa shape index (κ2) is 6.36. The number of hydrogen-bond donors (Lipinski definition) is 1. The van der Waals surface area contributed by atoms with Crippen LogP contribution in [0.2, 0.25) is 0 Å². The van der Waals surface area contributed by atoms with Crippen LogP contribution < -0.4 is 5.32 Å². The smallest absolute Gasteiger partial charge is 0.110 e. The van der Waals surface area contributed by atoms with Crippen LogP contribution in [0.3, 0.4) is 0 Å². The largest absolute Gasteiger partial charge is 0.305 e. The topological polar surface area (TPSA) is 24.9 Å². The maximum absolute atomic E-state index is 4.81. The van der Waals surface area contributed by atoms with Crippen molar-refractivity contribution in [2.24, 2.45) is 11.8 Å². The quantitative estimate of drug-likeness (QED) is 0.870. The van der Waals surface area contributed by atoms with Gasteiger partial charge in [0.15, 0.2) is 0 Å². The van der Waals surface area contributed by atoms with Crippen molar-refractivity contribution >= 4 is 11.3 Å². The van der Waals surface area contributed by atoms with Gasteiger partial charge in [0, 0.05) is 10.9 Å². The lowest BCUT2D eigenvalue weighted by Crippen LogP contribution is -2.35. The first-order chi connectivity index (χ1) is 8.97. The molecule has 0 spiro atoms. The average molecular weight is 280 g/mol. The fourth-order valence-corrected chi connectivity index (χ4v) is 4.09. The molecule has 1 heterocycles. The molecule has 0 amide bonds. The zero-order chi connectivity index (χ0) is 14.0. The fraction of sp³-hybridized carbons (Fsp3) is 0.812. The molecule has 0 bridgehead atoms. The van der Waals surface area contributed by atoms with E-state index < -0.39 is 0 Å². The van der Waals surface area contributed by atoms with E-state index in [4.69, 9.17) is 4.98 Å². The van der Waals surface area contributed by atoms with Gasteiger partial charge in [-0.15, -0.1) is 11.3 Å². The Morgan fingerprint density at radius 1 is 1.16 bits per heavy atom. The van der Waals surface area contributed by atoms with Crippen LogP contribution in [0.5, 0.6) is 0 Å². The van der Waals surface area contributed by atoms with Crippen molar-refractivity contribution in [3.05, 3.63) is 15.6 Å². The lowest BCUT2D eigenvalue weighted by Gasteiger charge is -2.33. The molecule has 19 heavy (non-hydrogen) atoms. The van der Waals surface area contributed by atoms with Gasteiger partial charge in [-0.1, -0.05) is 33.6 Å². The molecule has 2 nitrogen and oxygen atoms in total. The summed E-state index contributed by atoms with van der Waals surface area (Å²) in [6.45, 7) is 11.2. The Balaban J connectivity index is 2.15. The van der Waals surface area contributed by atoms with Crippen molar-refractivity contribution < 1.29 is 0 Å². The maximum atomic E-state index is 4.81. The molecule has 108 valence electrons. The van der Waals surface area contributed by atoms with Gasteiger partial charge in [-0.25, -0.2) is 4.98 Å². The van der Waals surface area contributed by atoms with Crippen LogP contribution in [-0.2, 0) is 0 Å². The van der Waals surface area contributed by atoms with Crippen LogP contribution in [0, 0.1) is 25.7 Å². The Kier molecular flexibility index (Phi) is 5.02. The van der Waals surface area contributed by atoms with Crippen molar-refractivity contribution in [2.45, 2.75) is 72.4 Å². The van der Waals surface area contributed by atoms with E-state index >= 15 is 0 Å². The van der Waals surface area contributed by atoms with Gasteiger partial charge in [-0.3, -0.25) is 0 Å². The predicted octanol–water partition coefficient (Wildman–Crippen LogP) is 4.63. The molecule has 1 atom stereocenters. The maximum Gasteiger partial charge on any atom is 0.110 e. The minimum absolute atomic E-state index is 0.463. The number of rotatable bonds is 4. The van der Waals surface area contributed by atoms with Gasteiger partial charge >= 0.3 is 0 Å². The summed E-state index contributed by atoms with van der Waals surface area (Å²) in [5.74, 6) is 1.68. The van der Waals surface area contributed by atoms with Crippen LogP contribution in [0.15, 0.2) is 0 Å². The lowest BCUT2D eigenvalue weighted by atomic mass is 9.79. The number of aromatic nitrogens is 1. The molecule has 1 fully saturated rings. The van der Waals surface area contributed by atoms with Gasteiger partial charge in [-0.05, 0) is 38.5 Å². The number of aryl methyl sites for hydroxylation is 2. The summed E-state index contributed by atoms with van der Waals surface area (Å²) in [6, 6.07) is 0.985. The summed E-state index contributed by atoms with van der Waals surface area (Å²) in [4.78, 5) is 6.18. The molecular formula is C16H28N2S. The van der Waals surface area contributed by atoms with Crippen LogP contribution in [0.1, 0.15) is 68.1 Å². The van der Waals surface area contributed by atoms with Crippen LogP contribution in [0.4, 0.5) is 0 Å². The molecule has 1 unspecified atom stereocenters. The summed E-state index contributed by atoms with van der Waals surface area (Å²) < 4.78 is 0. The summed E-state index contributed by atoms with van der Waals surface area (Å²) in [5.41, 5.74) is 1.21. The number of thiazole rings is 1. The molecule has 2 rings (SSSR count). The van der Waals surface area contributed by atoms with Gasteiger partial charge < -0.3 is 5.32 Å². The Hall–Kier alpha value is -0.410. The third kappa shape index (κ3) is 3.79. The molecule has 0 saturated heterocycles. The molecule has 1 aromatic rings. The van der Waals surface area contributed by atoms with Crippen molar-refractivity contribution in [1.82, 2.24) is 10.3 Å². The van der Waals surface area contributed by atoms with Crippen molar-refractivity contribution in [3.8, 4) is 0 Å². The highest BCUT2D eigenvalue weighted by Gasteiger charge is 2.29. The first-order valence-corrected chi connectivity index (χ1v) is 8.49. The van der Waals surface area contributed by atoms with Crippen molar-refractivity contribution in [2.75, 3.05) is 0 Å². The Labute approximate surface area is 122 Å². The second-order valence-corrected chi connectivity index (χ2v) is 7.75. The van der Waals surface area contributed by atoms with E-state index in [-0.39, 0.29) is 0 Å². The van der Waals surface area contributed by atoms with Crippen LogP contribution in [-0.4, -0.2) is 11.0 Å². The minimum Gasteiger partial charge on any atom is -0.305 e. The number of hydrogen-bond acceptors (Lipinski definition) is 3. The lowest BCUT2D eigenvalue weighted by molar-refractivity contribution is 0.223. The summed E-state index contributed by atoms with van der Waals surface area (Å²) >= 11 is 1.89. The molecule has 1 aromatic heterocycles. The Morgan fingerprint density at radius 2 is 1.79 bits per heavy atom. The summed E-state index contributed by atoms with van der Waals surface area (Å²) in [6.07, 6.45) is 5.46. The predicted molar refractivity (Wildman–Crippen MR) is 83.7 cm³/mol. The monoisotopic (exact) mass is 280 g/mol. The zero-order valence-electron chi connectivity index (χ0n) is 13.0. The molecule has 3 heteroatoms. The van der Waals surface area contributed by atoms with Crippen molar-refractivity contribution in [1.29, 1.82) is 0 Å². The van der Waals surface area contributed by atoms with Crippen LogP contribution >= 0.6 is 11.3 Å². The van der Waals surface area contributed by atoms with Gasteiger partial charge in [0.1, 0.15) is 5.01 Å². The molecule has 1 saturated carbocycles. The Bertz CT molecular complexity index is 383. The number of nitrogens with zero attached hydrogens (tertiary/aromatic N) is 1. The first-order valence-electron chi connectivity index (χ1n) is 7.67. The third-order valence-electron chi connectivity index (χ3n) is 4.36. The van der Waals surface area contributed by atoms with E-state index in [0.29, 0.717) is 12.1 Å². The molecule has 0 aromatic carbocycles. The van der Waals surface area contributed by atoms with E-state index in [1.165, 1.54) is 41.3 Å².